The summed E-state index contributed by atoms with van der Waals surface area (Å²) in [6.07, 6.45) is 0. The summed E-state index contributed by atoms with van der Waals surface area (Å²) in [5.41, 5.74) is 3.72. The SMILES string of the molecule is Cc1nc(C(=O)Nc2ccc(C)c(C)c2)c(C)s1. The zero-order valence-electron chi connectivity index (χ0n) is 11.0. The Morgan fingerprint density at radius 3 is 2.44 bits per heavy atom. The van der Waals surface area contributed by atoms with E-state index in [-0.39, 0.29) is 5.91 Å². The van der Waals surface area contributed by atoms with Crippen LogP contribution in [0, 0.1) is 27.7 Å². The van der Waals surface area contributed by atoms with Gasteiger partial charge in [0.05, 0.1) is 5.01 Å². The topological polar surface area (TPSA) is 42.0 Å². The minimum atomic E-state index is -0.139. The van der Waals surface area contributed by atoms with E-state index >= 15 is 0 Å². The lowest BCUT2D eigenvalue weighted by Gasteiger charge is -2.06. The minimum Gasteiger partial charge on any atom is -0.321 e. The number of nitrogens with zero attached hydrogens (tertiary/aromatic N) is 1. The third-order valence-corrected chi connectivity index (χ3v) is 3.77. The van der Waals surface area contributed by atoms with E-state index in [1.165, 1.54) is 11.1 Å². The number of carbonyl (C=O) groups is 1. The van der Waals surface area contributed by atoms with Gasteiger partial charge in [-0.2, -0.15) is 0 Å². The highest BCUT2D eigenvalue weighted by molar-refractivity contribution is 7.11. The number of carbonyl (C=O) groups excluding carboxylic acids is 1. The standard InChI is InChI=1S/C14H16N2OS/c1-8-5-6-12(7-9(8)2)16-14(17)13-10(3)18-11(4)15-13/h5-7H,1-4H3,(H,16,17). The van der Waals surface area contributed by atoms with Crippen LogP contribution >= 0.6 is 11.3 Å². The molecule has 0 aliphatic rings. The van der Waals surface area contributed by atoms with Gasteiger partial charge in [-0.25, -0.2) is 4.98 Å². The Morgan fingerprint density at radius 1 is 1.17 bits per heavy atom. The number of anilines is 1. The van der Waals surface area contributed by atoms with Gasteiger partial charge in [0.15, 0.2) is 0 Å². The normalized spacial score (nSPS) is 10.4. The smallest absolute Gasteiger partial charge is 0.275 e. The van der Waals surface area contributed by atoms with Crippen molar-refractivity contribution in [2.45, 2.75) is 27.7 Å². The maximum atomic E-state index is 12.1. The van der Waals surface area contributed by atoms with Gasteiger partial charge in [0.25, 0.3) is 5.91 Å². The van der Waals surface area contributed by atoms with Crippen LogP contribution < -0.4 is 5.32 Å². The van der Waals surface area contributed by atoms with Crippen molar-refractivity contribution < 1.29 is 4.79 Å². The number of aromatic nitrogens is 1. The van der Waals surface area contributed by atoms with Crippen molar-refractivity contribution in [3.63, 3.8) is 0 Å². The number of benzene rings is 1. The molecule has 1 amide bonds. The molecule has 2 rings (SSSR count). The van der Waals surface area contributed by atoms with E-state index in [4.69, 9.17) is 0 Å². The Balaban J connectivity index is 2.21. The van der Waals surface area contributed by atoms with Crippen molar-refractivity contribution >= 4 is 22.9 Å². The fraction of sp³-hybridized carbons (Fsp3) is 0.286. The van der Waals surface area contributed by atoms with Crippen LogP contribution in [-0.2, 0) is 0 Å². The molecule has 3 nitrogen and oxygen atoms in total. The summed E-state index contributed by atoms with van der Waals surface area (Å²) in [4.78, 5) is 17.3. The van der Waals surface area contributed by atoms with Gasteiger partial charge in [-0.05, 0) is 51.0 Å². The van der Waals surface area contributed by atoms with Gasteiger partial charge in [-0.15, -0.1) is 11.3 Å². The molecular formula is C14H16N2OS. The highest BCUT2D eigenvalue weighted by Gasteiger charge is 2.14. The molecule has 0 saturated heterocycles. The first-order valence-corrected chi connectivity index (χ1v) is 6.61. The van der Waals surface area contributed by atoms with Gasteiger partial charge >= 0.3 is 0 Å². The first-order chi connectivity index (χ1) is 8.47. The van der Waals surface area contributed by atoms with Gasteiger partial charge < -0.3 is 5.32 Å². The van der Waals surface area contributed by atoms with Gasteiger partial charge in [0, 0.05) is 10.6 Å². The average molecular weight is 260 g/mol. The van der Waals surface area contributed by atoms with E-state index in [2.05, 4.69) is 17.2 Å². The number of hydrogen-bond donors (Lipinski definition) is 1. The molecule has 1 aromatic carbocycles. The fourth-order valence-electron chi connectivity index (χ4n) is 1.75. The molecule has 18 heavy (non-hydrogen) atoms. The molecule has 0 aliphatic heterocycles. The van der Waals surface area contributed by atoms with E-state index in [9.17, 15) is 4.79 Å². The second kappa shape index (κ2) is 4.90. The van der Waals surface area contributed by atoms with E-state index in [0.717, 1.165) is 15.6 Å². The maximum Gasteiger partial charge on any atom is 0.275 e. The second-order valence-corrected chi connectivity index (χ2v) is 5.80. The van der Waals surface area contributed by atoms with Crippen LogP contribution in [0.3, 0.4) is 0 Å². The van der Waals surface area contributed by atoms with Crippen molar-refractivity contribution in [3.8, 4) is 0 Å². The third kappa shape index (κ3) is 2.59. The molecule has 1 heterocycles. The number of amides is 1. The largest absolute Gasteiger partial charge is 0.321 e. The van der Waals surface area contributed by atoms with Crippen molar-refractivity contribution in [3.05, 3.63) is 44.9 Å². The predicted molar refractivity (Wildman–Crippen MR) is 75.5 cm³/mol. The number of aryl methyl sites for hydroxylation is 4. The Bertz CT molecular complexity index is 602. The monoisotopic (exact) mass is 260 g/mol. The van der Waals surface area contributed by atoms with Gasteiger partial charge in [0.1, 0.15) is 5.69 Å². The number of hydrogen-bond acceptors (Lipinski definition) is 3. The Hall–Kier alpha value is -1.68. The molecular weight excluding hydrogens is 244 g/mol. The highest BCUT2D eigenvalue weighted by Crippen LogP contribution is 2.19. The molecule has 0 spiro atoms. The summed E-state index contributed by atoms with van der Waals surface area (Å²) in [5, 5.41) is 3.80. The average Bonchev–Trinajstić information content (AvgIpc) is 2.63. The summed E-state index contributed by atoms with van der Waals surface area (Å²) in [5.74, 6) is -0.139. The van der Waals surface area contributed by atoms with Crippen LogP contribution in [0.5, 0.6) is 0 Å². The third-order valence-electron chi connectivity index (χ3n) is 2.88. The lowest BCUT2D eigenvalue weighted by atomic mass is 10.1. The second-order valence-electron chi connectivity index (χ2n) is 4.39. The van der Waals surface area contributed by atoms with Crippen LogP contribution in [0.4, 0.5) is 5.69 Å². The lowest BCUT2D eigenvalue weighted by Crippen LogP contribution is -2.13. The Morgan fingerprint density at radius 2 is 1.89 bits per heavy atom. The lowest BCUT2D eigenvalue weighted by molar-refractivity contribution is 0.102. The predicted octanol–water partition coefficient (Wildman–Crippen LogP) is 3.63. The van der Waals surface area contributed by atoms with Crippen LogP contribution in [0.15, 0.2) is 18.2 Å². The zero-order valence-corrected chi connectivity index (χ0v) is 11.8. The molecule has 0 bridgehead atoms. The molecule has 0 aliphatic carbocycles. The molecule has 94 valence electrons. The Labute approximate surface area is 111 Å². The van der Waals surface area contributed by atoms with Gasteiger partial charge in [0.2, 0.25) is 0 Å². The Kier molecular flexibility index (Phi) is 3.48. The number of nitrogens with one attached hydrogen (secondary N) is 1. The summed E-state index contributed by atoms with van der Waals surface area (Å²) in [6, 6.07) is 5.89. The number of rotatable bonds is 2. The maximum absolute atomic E-state index is 12.1. The summed E-state index contributed by atoms with van der Waals surface area (Å²) in [7, 11) is 0. The molecule has 0 atom stereocenters. The van der Waals surface area contributed by atoms with Crippen molar-refractivity contribution in [2.24, 2.45) is 0 Å². The van der Waals surface area contributed by atoms with E-state index < -0.39 is 0 Å². The van der Waals surface area contributed by atoms with Gasteiger partial charge in [-0.1, -0.05) is 6.07 Å². The van der Waals surface area contributed by atoms with E-state index in [0.29, 0.717) is 5.69 Å². The van der Waals surface area contributed by atoms with Crippen LogP contribution in [0.1, 0.15) is 31.5 Å². The first-order valence-electron chi connectivity index (χ1n) is 5.80. The van der Waals surface area contributed by atoms with Crippen LogP contribution in [0.25, 0.3) is 0 Å². The molecule has 1 N–H and O–H groups in total. The van der Waals surface area contributed by atoms with Crippen molar-refractivity contribution in [1.29, 1.82) is 0 Å². The fourth-order valence-corrected chi connectivity index (χ4v) is 2.56. The quantitative estimate of drug-likeness (QED) is 0.896. The first kappa shape index (κ1) is 12.8. The molecule has 0 radical (unpaired) electrons. The summed E-state index contributed by atoms with van der Waals surface area (Å²) < 4.78 is 0. The molecule has 0 unspecified atom stereocenters. The minimum absolute atomic E-state index is 0.139. The summed E-state index contributed by atoms with van der Waals surface area (Å²) >= 11 is 1.54. The zero-order chi connectivity index (χ0) is 13.3. The molecule has 0 fully saturated rings. The van der Waals surface area contributed by atoms with Crippen molar-refractivity contribution in [1.82, 2.24) is 4.98 Å². The van der Waals surface area contributed by atoms with E-state index in [1.807, 2.05) is 39.0 Å². The molecule has 0 saturated carbocycles. The molecule has 1 aromatic heterocycles. The molecule has 4 heteroatoms. The highest BCUT2D eigenvalue weighted by atomic mass is 32.1. The number of thiazole rings is 1. The van der Waals surface area contributed by atoms with Crippen LogP contribution in [0.2, 0.25) is 0 Å². The molecule has 2 aromatic rings. The van der Waals surface area contributed by atoms with Crippen molar-refractivity contribution in [2.75, 3.05) is 5.32 Å². The van der Waals surface area contributed by atoms with E-state index in [1.54, 1.807) is 11.3 Å². The van der Waals surface area contributed by atoms with Crippen LogP contribution in [-0.4, -0.2) is 10.9 Å². The summed E-state index contributed by atoms with van der Waals surface area (Å²) in [6.45, 7) is 7.91. The van der Waals surface area contributed by atoms with Gasteiger partial charge in [-0.3, -0.25) is 4.79 Å².